The van der Waals surface area contributed by atoms with Crippen LogP contribution in [0.15, 0.2) is 18.2 Å². The van der Waals surface area contributed by atoms with Crippen molar-refractivity contribution in [2.24, 2.45) is 5.92 Å². The summed E-state index contributed by atoms with van der Waals surface area (Å²) in [6.45, 7) is 9.02. The Morgan fingerprint density at radius 1 is 1.20 bits per heavy atom. The first-order valence-electron chi connectivity index (χ1n) is 9.02. The number of carbonyl (C=O) groups excluding carboxylic acids is 2. The molecule has 25 heavy (non-hydrogen) atoms. The minimum absolute atomic E-state index is 0.00300. The lowest BCUT2D eigenvalue weighted by atomic mass is 10.1. The topological polar surface area (TPSA) is 52.7 Å². The highest BCUT2D eigenvalue weighted by Crippen LogP contribution is 2.30. The average molecular weight is 366 g/mol. The van der Waals surface area contributed by atoms with Gasteiger partial charge in [0.15, 0.2) is 0 Å². The minimum atomic E-state index is -0.00300. The Hall–Kier alpha value is -1.75. The van der Waals surface area contributed by atoms with Gasteiger partial charge >= 0.3 is 0 Å². The van der Waals surface area contributed by atoms with Gasteiger partial charge in [-0.25, -0.2) is 0 Å². The van der Waals surface area contributed by atoms with Gasteiger partial charge < -0.3 is 15.1 Å². The summed E-state index contributed by atoms with van der Waals surface area (Å²) in [7, 11) is 0. The highest BCUT2D eigenvalue weighted by Gasteiger charge is 2.23. The predicted octanol–water partition coefficient (Wildman–Crippen LogP) is 3.77. The van der Waals surface area contributed by atoms with Gasteiger partial charge in [-0.15, -0.1) is 0 Å². The molecule has 0 saturated carbocycles. The molecule has 138 valence electrons. The molecular weight excluding hydrogens is 338 g/mol. The molecule has 1 aromatic carbocycles. The SMILES string of the molecule is CCCC(=O)Nc1cc(Cl)ccc1N1CCN(C(=O)CC(C)C)CC1. The van der Waals surface area contributed by atoms with E-state index in [1.165, 1.54) is 0 Å². The third-order valence-corrected chi connectivity index (χ3v) is 4.50. The first-order valence-corrected chi connectivity index (χ1v) is 9.40. The largest absolute Gasteiger partial charge is 0.366 e. The van der Waals surface area contributed by atoms with Gasteiger partial charge in [0.2, 0.25) is 11.8 Å². The second kappa shape index (κ2) is 9.09. The van der Waals surface area contributed by atoms with Crippen LogP contribution in [0.2, 0.25) is 5.02 Å². The molecule has 0 radical (unpaired) electrons. The monoisotopic (exact) mass is 365 g/mol. The summed E-state index contributed by atoms with van der Waals surface area (Å²) in [5, 5.41) is 3.56. The first kappa shape index (κ1) is 19.6. The molecule has 0 atom stereocenters. The number of carbonyl (C=O) groups is 2. The van der Waals surface area contributed by atoms with Gasteiger partial charge in [-0.1, -0.05) is 32.4 Å². The summed E-state index contributed by atoms with van der Waals surface area (Å²) in [6, 6.07) is 5.57. The fraction of sp³-hybridized carbons (Fsp3) is 0.579. The van der Waals surface area contributed by atoms with Crippen molar-refractivity contribution >= 4 is 34.8 Å². The molecule has 1 heterocycles. The van der Waals surface area contributed by atoms with Crippen LogP contribution in [-0.2, 0) is 9.59 Å². The smallest absolute Gasteiger partial charge is 0.224 e. The Balaban J connectivity index is 2.05. The number of benzene rings is 1. The van der Waals surface area contributed by atoms with E-state index in [1.807, 2.05) is 24.0 Å². The van der Waals surface area contributed by atoms with Crippen LogP contribution in [-0.4, -0.2) is 42.9 Å². The number of rotatable bonds is 6. The van der Waals surface area contributed by atoms with Crippen molar-refractivity contribution in [3.8, 4) is 0 Å². The van der Waals surface area contributed by atoms with Crippen LogP contribution in [0.25, 0.3) is 0 Å². The van der Waals surface area contributed by atoms with Crippen LogP contribution in [0, 0.1) is 5.92 Å². The fourth-order valence-electron chi connectivity index (χ4n) is 3.00. The zero-order chi connectivity index (χ0) is 18.4. The molecule has 1 N–H and O–H groups in total. The van der Waals surface area contributed by atoms with Gasteiger partial charge in [0.05, 0.1) is 11.4 Å². The van der Waals surface area contributed by atoms with Gasteiger partial charge in [-0.3, -0.25) is 9.59 Å². The Kier molecular flexibility index (Phi) is 7.12. The molecule has 0 spiro atoms. The Bertz CT molecular complexity index is 611. The van der Waals surface area contributed by atoms with Crippen LogP contribution in [0.1, 0.15) is 40.0 Å². The predicted molar refractivity (Wildman–Crippen MR) is 103 cm³/mol. The third kappa shape index (κ3) is 5.63. The van der Waals surface area contributed by atoms with Crippen molar-refractivity contribution in [1.82, 2.24) is 4.90 Å². The van der Waals surface area contributed by atoms with Crippen molar-refractivity contribution in [3.63, 3.8) is 0 Å². The molecule has 0 aromatic heterocycles. The number of hydrogen-bond donors (Lipinski definition) is 1. The summed E-state index contributed by atoms with van der Waals surface area (Å²) in [5.74, 6) is 0.598. The van der Waals surface area contributed by atoms with Gasteiger partial charge in [-0.05, 0) is 30.5 Å². The van der Waals surface area contributed by atoms with Crippen molar-refractivity contribution in [2.75, 3.05) is 36.4 Å². The summed E-state index contributed by atoms with van der Waals surface area (Å²) >= 11 is 6.11. The average Bonchev–Trinajstić information content (AvgIpc) is 2.55. The van der Waals surface area contributed by atoms with Crippen molar-refractivity contribution < 1.29 is 9.59 Å². The summed E-state index contributed by atoms with van der Waals surface area (Å²) < 4.78 is 0. The molecule has 0 aliphatic carbocycles. The number of anilines is 2. The normalized spacial score (nSPS) is 14.8. The van der Waals surface area contributed by atoms with E-state index in [2.05, 4.69) is 24.1 Å². The molecule has 1 aliphatic rings. The molecule has 1 aromatic rings. The Labute approximate surface area is 155 Å². The van der Waals surface area contributed by atoms with Crippen LogP contribution < -0.4 is 10.2 Å². The van der Waals surface area contributed by atoms with Crippen molar-refractivity contribution in [1.29, 1.82) is 0 Å². The van der Waals surface area contributed by atoms with E-state index in [0.717, 1.165) is 30.9 Å². The lowest BCUT2D eigenvalue weighted by Crippen LogP contribution is -2.49. The maximum Gasteiger partial charge on any atom is 0.224 e. The number of piperazine rings is 1. The molecule has 0 bridgehead atoms. The van der Waals surface area contributed by atoms with Crippen LogP contribution in [0.4, 0.5) is 11.4 Å². The van der Waals surface area contributed by atoms with Crippen LogP contribution >= 0.6 is 11.6 Å². The number of hydrogen-bond acceptors (Lipinski definition) is 3. The highest BCUT2D eigenvalue weighted by molar-refractivity contribution is 6.31. The summed E-state index contributed by atoms with van der Waals surface area (Å²) in [5.41, 5.74) is 1.71. The molecule has 6 heteroatoms. The van der Waals surface area contributed by atoms with E-state index in [4.69, 9.17) is 11.6 Å². The Morgan fingerprint density at radius 2 is 1.88 bits per heavy atom. The summed E-state index contributed by atoms with van der Waals surface area (Å²) in [4.78, 5) is 28.3. The standard InChI is InChI=1S/C19H28ClN3O2/c1-4-5-18(24)21-16-13-15(20)6-7-17(16)22-8-10-23(11-9-22)19(25)12-14(2)3/h6-7,13-14H,4-5,8-12H2,1-3H3,(H,21,24). The lowest BCUT2D eigenvalue weighted by Gasteiger charge is -2.37. The molecule has 1 aliphatic heterocycles. The molecule has 2 rings (SSSR count). The van der Waals surface area contributed by atoms with E-state index in [9.17, 15) is 9.59 Å². The van der Waals surface area contributed by atoms with Gasteiger partial charge in [0.25, 0.3) is 0 Å². The second-order valence-corrected chi connectivity index (χ2v) is 7.36. The number of nitrogens with zero attached hydrogens (tertiary/aromatic N) is 2. The molecule has 5 nitrogen and oxygen atoms in total. The van der Waals surface area contributed by atoms with Gasteiger partial charge in [-0.2, -0.15) is 0 Å². The summed E-state index contributed by atoms with van der Waals surface area (Å²) in [6.07, 6.45) is 1.89. The second-order valence-electron chi connectivity index (χ2n) is 6.93. The number of halogens is 1. The van der Waals surface area contributed by atoms with Crippen LogP contribution in [0.5, 0.6) is 0 Å². The highest BCUT2D eigenvalue weighted by atomic mass is 35.5. The zero-order valence-corrected chi connectivity index (χ0v) is 16.1. The fourth-order valence-corrected chi connectivity index (χ4v) is 3.17. The maximum absolute atomic E-state index is 12.2. The molecule has 1 saturated heterocycles. The Morgan fingerprint density at radius 3 is 2.48 bits per heavy atom. The lowest BCUT2D eigenvalue weighted by molar-refractivity contribution is -0.132. The van der Waals surface area contributed by atoms with Crippen molar-refractivity contribution in [3.05, 3.63) is 23.2 Å². The maximum atomic E-state index is 12.2. The van der Waals surface area contributed by atoms with E-state index in [0.29, 0.717) is 36.9 Å². The molecule has 2 amide bonds. The van der Waals surface area contributed by atoms with Gasteiger partial charge in [0, 0.05) is 44.0 Å². The first-order chi connectivity index (χ1) is 11.9. The van der Waals surface area contributed by atoms with E-state index < -0.39 is 0 Å². The quantitative estimate of drug-likeness (QED) is 0.834. The molecular formula is C19H28ClN3O2. The van der Waals surface area contributed by atoms with Crippen LogP contribution in [0.3, 0.4) is 0 Å². The van der Waals surface area contributed by atoms with E-state index in [1.54, 1.807) is 6.07 Å². The number of amides is 2. The molecule has 0 unspecified atom stereocenters. The van der Waals surface area contributed by atoms with Crippen molar-refractivity contribution in [2.45, 2.75) is 40.0 Å². The minimum Gasteiger partial charge on any atom is -0.366 e. The molecule has 1 fully saturated rings. The third-order valence-electron chi connectivity index (χ3n) is 4.27. The number of nitrogens with one attached hydrogen (secondary N) is 1. The van der Waals surface area contributed by atoms with E-state index in [-0.39, 0.29) is 11.8 Å². The van der Waals surface area contributed by atoms with E-state index >= 15 is 0 Å². The zero-order valence-electron chi connectivity index (χ0n) is 15.3. The van der Waals surface area contributed by atoms with Gasteiger partial charge in [0.1, 0.15) is 0 Å².